The number of halogens is 1. The van der Waals surface area contributed by atoms with E-state index in [9.17, 15) is 5.11 Å². The van der Waals surface area contributed by atoms with Crippen LogP contribution in [0.5, 0.6) is 5.75 Å². The molecule has 0 unspecified atom stereocenters. The molecule has 0 saturated carbocycles. The van der Waals surface area contributed by atoms with Crippen molar-refractivity contribution in [3.8, 4) is 16.9 Å². The summed E-state index contributed by atoms with van der Waals surface area (Å²) in [6.45, 7) is 2.62. The molecule has 2 aromatic carbocycles. The molecule has 0 aliphatic carbocycles. The lowest BCUT2D eigenvalue weighted by atomic mass is 9.99. The molecule has 1 fully saturated rings. The number of aromatic hydroxyl groups is 1. The summed E-state index contributed by atoms with van der Waals surface area (Å²) in [4.78, 5) is 10.5. The number of phenols is 1. The molecule has 0 radical (unpaired) electrons. The van der Waals surface area contributed by atoms with Gasteiger partial charge in [-0.05, 0) is 23.8 Å². The number of anilines is 2. The lowest BCUT2D eigenvalue weighted by Gasteiger charge is -2.30. The minimum atomic E-state index is 0.0979. The first-order valence-electron chi connectivity index (χ1n) is 8.00. The highest BCUT2D eigenvalue weighted by molar-refractivity contribution is 6.31. The maximum atomic E-state index is 10.8. The van der Waals surface area contributed by atoms with Crippen LogP contribution in [-0.4, -0.2) is 41.4 Å². The number of phenolic OH excluding ortho intramolecular Hbond substituents is 1. The van der Waals surface area contributed by atoms with Crippen LogP contribution in [0.15, 0.2) is 36.7 Å². The molecule has 25 heavy (non-hydrogen) atoms. The summed E-state index contributed by atoms with van der Waals surface area (Å²) in [6, 6.07) is 9.46. The first-order chi connectivity index (χ1) is 12.1. The highest BCUT2D eigenvalue weighted by Gasteiger charge is 2.22. The predicted molar refractivity (Wildman–Crippen MR) is 99.1 cm³/mol. The number of benzene rings is 2. The molecule has 0 amide bonds. The first-order valence-corrected chi connectivity index (χ1v) is 8.37. The SMILES string of the molecule is Nc1ncnc2c(-c3cccc(Cl)c3)cc(N3CCOCC3)c(O)c12. The lowest BCUT2D eigenvalue weighted by molar-refractivity contribution is 0.122. The Bertz CT molecular complexity index is 942. The molecule has 2 heterocycles. The quantitative estimate of drug-likeness (QED) is 0.734. The second-order valence-electron chi connectivity index (χ2n) is 5.88. The fourth-order valence-electron chi connectivity index (χ4n) is 3.16. The molecule has 1 aliphatic rings. The Morgan fingerprint density at radius 1 is 1.16 bits per heavy atom. The van der Waals surface area contributed by atoms with E-state index in [1.807, 2.05) is 30.3 Å². The van der Waals surface area contributed by atoms with Crippen molar-refractivity contribution in [2.45, 2.75) is 0 Å². The van der Waals surface area contributed by atoms with Crippen LogP contribution >= 0.6 is 11.6 Å². The van der Waals surface area contributed by atoms with Crippen molar-refractivity contribution in [2.75, 3.05) is 36.9 Å². The summed E-state index contributed by atoms with van der Waals surface area (Å²) in [5, 5.41) is 11.9. The van der Waals surface area contributed by atoms with Crippen molar-refractivity contribution in [3.05, 3.63) is 41.7 Å². The minimum absolute atomic E-state index is 0.0979. The van der Waals surface area contributed by atoms with E-state index in [4.69, 9.17) is 22.1 Å². The normalized spacial score (nSPS) is 14.8. The number of hydrogen-bond acceptors (Lipinski definition) is 6. The van der Waals surface area contributed by atoms with Crippen LogP contribution in [0.3, 0.4) is 0 Å². The van der Waals surface area contributed by atoms with Crippen molar-refractivity contribution in [1.29, 1.82) is 0 Å². The molecule has 3 N–H and O–H groups in total. The summed E-state index contributed by atoms with van der Waals surface area (Å²) in [5.41, 5.74) is 9.11. The molecular formula is C18H17ClN4O2. The molecule has 7 heteroatoms. The highest BCUT2D eigenvalue weighted by atomic mass is 35.5. The van der Waals surface area contributed by atoms with Gasteiger partial charge in [0.1, 0.15) is 12.1 Å². The van der Waals surface area contributed by atoms with E-state index >= 15 is 0 Å². The fourth-order valence-corrected chi connectivity index (χ4v) is 3.35. The average Bonchev–Trinajstić information content (AvgIpc) is 2.63. The van der Waals surface area contributed by atoms with E-state index in [-0.39, 0.29) is 11.6 Å². The average molecular weight is 357 g/mol. The highest BCUT2D eigenvalue weighted by Crippen LogP contribution is 2.42. The van der Waals surface area contributed by atoms with Crippen molar-refractivity contribution in [2.24, 2.45) is 0 Å². The standard InChI is InChI=1S/C18H17ClN4O2/c19-12-3-1-2-11(8-12)13-9-14(23-4-6-25-7-5-23)17(24)15-16(13)21-10-22-18(15)20/h1-3,8-10,24H,4-7H2,(H2,20,21,22). The summed E-state index contributed by atoms with van der Waals surface area (Å²) in [5.74, 6) is 0.349. The Hall–Kier alpha value is -2.57. The number of rotatable bonds is 2. The number of morpholine rings is 1. The molecule has 1 aliphatic heterocycles. The third-order valence-corrected chi connectivity index (χ3v) is 4.61. The fraction of sp³-hybridized carbons (Fsp3) is 0.222. The summed E-state index contributed by atoms with van der Waals surface area (Å²) >= 11 is 6.16. The molecule has 128 valence electrons. The van der Waals surface area contributed by atoms with Crippen LogP contribution in [0.25, 0.3) is 22.0 Å². The van der Waals surface area contributed by atoms with Gasteiger partial charge in [-0.1, -0.05) is 23.7 Å². The van der Waals surface area contributed by atoms with Crippen LogP contribution < -0.4 is 10.6 Å². The number of ether oxygens (including phenoxy) is 1. The monoisotopic (exact) mass is 356 g/mol. The lowest BCUT2D eigenvalue weighted by Crippen LogP contribution is -2.36. The van der Waals surface area contributed by atoms with Crippen LogP contribution in [0, 0.1) is 0 Å². The van der Waals surface area contributed by atoms with E-state index in [1.54, 1.807) is 0 Å². The zero-order valence-electron chi connectivity index (χ0n) is 13.4. The maximum absolute atomic E-state index is 10.8. The van der Waals surface area contributed by atoms with Crippen molar-refractivity contribution < 1.29 is 9.84 Å². The number of nitrogens with two attached hydrogens (primary N) is 1. The zero-order valence-corrected chi connectivity index (χ0v) is 14.2. The molecule has 0 bridgehead atoms. The Morgan fingerprint density at radius 2 is 1.96 bits per heavy atom. The Labute approximate surface area is 149 Å². The van der Waals surface area contributed by atoms with Crippen molar-refractivity contribution >= 4 is 34.0 Å². The van der Waals surface area contributed by atoms with Gasteiger partial charge in [-0.2, -0.15) is 0 Å². The van der Waals surface area contributed by atoms with Crippen molar-refractivity contribution in [3.63, 3.8) is 0 Å². The number of nitrogens with zero attached hydrogens (tertiary/aromatic N) is 3. The van der Waals surface area contributed by atoms with E-state index < -0.39 is 0 Å². The van der Waals surface area contributed by atoms with Crippen LogP contribution in [-0.2, 0) is 4.74 Å². The molecule has 0 atom stereocenters. The van der Waals surface area contributed by atoms with Gasteiger partial charge in [-0.3, -0.25) is 0 Å². The van der Waals surface area contributed by atoms with E-state index in [0.717, 1.165) is 11.1 Å². The number of fused-ring (bicyclic) bond motifs is 1. The topological polar surface area (TPSA) is 84.5 Å². The Balaban J connectivity index is 2.00. The van der Waals surface area contributed by atoms with E-state index in [1.165, 1.54) is 6.33 Å². The third kappa shape index (κ3) is 2.83. The number of hydrogen-bond donors (Lipinski definition) is 2. The minimum Gasteiger partial charge on any atom is -0.505 e. The molecule has 4 rings (SSSR count). The van der Waals surface area contributed by atoms with Gasteiger partial charge in [0.25, 0.3) is 0 Å². The van der Waals surface area contributed by atoms with Crippen LogP contribution in [0.4, 0.5) is 11.5 Å². The van der Waals surface area contributed by atoms with Gasteiger partial charge in [0, 0.05) is 23.7 Å². The van der Waals surface area contributed by atoms with Crippen molar-refractivity contribution in [1.82, 2.24) is 9.97 Å². The Morgan fingerprint density at radius 3 is 2.72 bits per heavy atom. The summed E-state index contributed by atoms with van der Waals surface area (Å²) in [7, 11) is 0. The Kier molecular flexibility index (Phi) is 4.07. The van der Waals surface area contributed by atoms with Gasteiger partial charge in [-0.15, -0.1) is 0 Å². The van der Waals surface area contributed by atoms with Crippen LogP contribution in [0.2, 0.25) is 5.02 Å². The second-order valence-corrected chi connectivity index (χ2v) is 6.32. The summed E-state index contributed by atoms with van der Waals surface area (Å²) < 4.78 is 5.41. The molecule has 3 aromatic rings. The van der Waals surface area contributed by atoms with Gasteiger partial charge >= 0.3 is 0 Å². The van der Waals surface area contributed by atoms with Crippen LogP contribution in [0.1, 0.15) is 0 Å². The molecule has 1 saturated heterocycles. The van der Waals surface area contributed by atoms with Gasteiger partial charge in [0.2, 0.25) is 0 Å². The van der Waals surface area contributed by atoms with Gasteiger partial charge < -0.3 is 20.5 Å². The van der Waals surface area contributed by atoms with E-state index in [2.05, 4.69) is 14.9 Å². The van der Waals surface area contributed by atoms with Gasteiger partial charge in [0.15, 0.2) is 5.75 Å². The maximum Gasteiger partial charge on any atom is 0.152 e. The molecule has 0 spiro atoms. The van der Waals surface area contributed by atoms with E-state index in [0.29, 0.717) is 47.9 Å². The molecule has 6 nitrogen and oxygen atoms in total. The summed E-state index contributed by atoms with van der Waals surface area (Å²) in [6.07, 6.45) is 1.40. The number of aromatic nitrogens is 2. The number of nitrogen functional groups attached to an aromatic ring is 1. The molecule has 1 aromatic heterocycles. The smallest absolute Gasteiger partial charge is 0.152 e. The third-order valence-electron chi connectivity index (χ3n) is 4.38. The second kappa shape index (κ2) is 6.38. The van der Waals surface area contributed by atoms with Gasteiger partial charge in [0.05, 0.1) is 29.8 Å². The molecular weight excluding hydrogens is 340 g/mol. The largest absolute Gasteiger partial charge is 0.505 e. The zero-order chi connectivity index (χ0) is 17.4. The first kappa shape index (κ1) is 15.9. The van der Waals surface area contributed by atoms with Gasteiger partial charge in [-0.25, -0.2) is 9.97 Å². The predicted octanol–water partition coefficient (Wildman–Crippen LogP) is 3.07.